The maximum absolute atomic E-state index is 12.6. The highest BCUT2D eigenvalue weighted by Gasteiger charge is 2.30. The number of alkyl halides is 3. The topological polar surface area (TPSA) is 53.9 Å². The van der Waals surface area contributed by atoms with Gasteiger partial charge in [0.25, 0.3) is 5.91 Å². The van der Waals surface area contributed by atoms with Crippen LogP contribution in [0.1, 0.15) is 24.2 Å². The molecule has 2 rings (SSSR count). The third-order valence-electron chi connectivity index (χ3n) is 3.96. The third kappa shape index (κ3) is 6.70. The molecule has 0 heterocycles. The maximum atomic E-state index is 12.6. The molecular formula is C20H22F3N3O2. The molecule has 28 heavy (non-hydrogen) atoms. The minimum Gasteiger partial charge on any atom is -0.406 e. The molecule has 0 bridgehead atoms. The lowest BCUT2D eigenvalue weighted by Gasteiger charge is -2.14. The molecule has 0 aliphatic rings. The largest absolute Gasteiger partial charge is 0.573 e. The van der Waals surface area contributed by atoms with Crippen molar-refractivity contribution in [2.24, 2.45) is 4.99 Å². The Morgan fingerprint density at radius 2 is 1.75 bits per heavy atom. The molecule has 5 nitrogen and oxygen atoms in total. The Bertz CT molecular complexity index is 801. The van der Waals surface area contributed by atoms with E-state index < -0.39 is 12.3 Å². The Labute approximate surface area is 161 Å². The molecule has 0 fully saturated rings. The summed E-state index contributed by atoms with van der Waals surface area (Å²) < 4.78 is 40.4. The zero-order chi connectivity index (χ0) is 20.6. The number of nitrogens with one attached hydrogen (secondary N) is 1. The van der Waals surface area contributed by atoms with Gasteiger partial charge in [-0.25, -0.2) is 0 Å². The second-order valence-electron chi connectivity index (χ2n) is 5.84. The molecule has 0 aromatic heterocycles. The van der Waals surface area contributed by atoms with E-state index in [2.05, 4.69) is 33.8 Å². The van der Waals surface area contributed by atoms with Crippen LogP contribution in [-0.2, 0) is 0 Å². The SMILES string of the molecule is CCN(CC)CC=Nc1ccccc1C(=O)Nc1ccc(OC(F)(F)F)cc1. The first-order chi connectivity index (χ1) is 13.3. The number of amides is 1. The highest BCUT2D eigenvalue weighted by molar-refractivity contribution is 6.07. The van der Waals surface area contributed by atoms with Gasteiger partial charge >= 0.3 is 6.36 Å². The smallest absolute Gasteiger partial charge is 0.406 e. The molecule has 8 heteroatoms. The van der Waals surface area contributed by atoms with E-state index in [1.807, 2.05) is 0 Å². The van der Waals surface area contributed by atoms with Crippen molar-refractivity contribution in [1.29, 1.82) is 0 Å². The zero-order valence-electron chi connectivity index (χ0n) is 15.7. The Kier molecular flexibility index (Phi) is 7.57. The Hall–Kier alpha value is -2.87. The number of hydrogen-bond donors (Lipinski definition) is 1. The molecule has 0 aliphatic heterocycles. The van der Waals surface area contributed by atoms with Crippen LogP contribution >= 0.6 is 0 Å². The lowest BCUT2D eigenvalue weighted by Crippen LogP contribution is -2.24. The van der Waals surface area contributed by atoms with E-state index in [0.717, 1.165) is 25.2 Å². The van der Waals surface area contributed by atoms with E-state index in [1.54, 1.807) is 30.5 Å². The maximum Gasteiger partial charge on any atom is 0.573 e. The number of rotatable bonds is 8. The van der Waals surface area contributed by atoms with Crippen LogP contribution in [0.5, 0.6) is 5.75 Å². The fourth-order valence-electron chi connectivity index (χ4n) is 2.45. The summed E-state index contributed by atoms with van der Waals surface area (Å²) in [5, 5.41) is 2.65. The molecule has 0 saturated carbocycles. The number of carbonyl (C=O) groups is 1. The van der Waals surface area contributed by atoms with E-state index in [0.29, 0.717) is 23.5 Å². The standard InChI is InChI=1S/C20H22F3N3O2/c1-3-26(4-2)14-13-24-18-8-6-5-7-17(18)19(27)25-15-9-11-16(12-10-15)28-20(21,22)23/h5-13H,3-4,14H2,1-2H3,(H,25,27). The molecule has 2 aromatic rings. The number of carbonyl (C=O) groups excluding carboxylic acids is 1. The predicted molar refractivity (Wildman–Crippen MR) is 103 cm³/mol. The molecule has 0 saturated heterocycles. The average Bonchev–Trinajstić information content (AvgIpc) is 2.66. The fraction of sp³-hybridized carbons (Fsp3) is 0.300. The van der Waals surface area contributed by atoms with Crippen molar-refractivity contribution in [3.8, 4) is 5.75 Å². The second kappa shape index (κ2) is 9.89. The van der Waals surface area contributed by atoms with Gasteiger partial charge in [-0.1, -0.05) is 26.0 Å². The summed E-state index contributed by atoms with van der Waals surface area (Å²) in [5.41, 5.74) is 1.24. The van der Waals surface area contributed by atoms with Gasteiger partial charge in [0, 0.05) is 18.4 Å². The van der Waals surface area contributed by atoms with Gasteiger partial charge in [0.2, 0.25) is 0 Å². The Balaban J connectivity index is 2.07. The molecule has 0 atom stereocenters. The number of para-hydroxylation sites is 1. The minimum atomic E-state index is -4.76. The minimum absolute atomic E-state index is 0.349. The van der Waals surface area contributed by atoms with E-state index in [9.17, 15) is 18.0 Å². The molecule has 1 amide bonds. The van der Waals surface area contributed by atoms with Gasteiger partial charge in [-0.05, 0) is 49.5 Å². The van der Waals surface area contributed by atoms with Gasteiger partial charge in [0.15, 0.2) is 0 Å². The van der Waals surface area contributed by atoms with Gasteiger partial charge in [-0.3, -0.25) is 14.7 Å². The number of anilines is 1. The van der Waals surface area contributed by atoms with Gasteiger partial charge < -0.3 is 10.1 Å². The number of halogens is 3. The first-order valence-corrected chi connectivity index (χ1v) is 8.83. The van der Waals surface area contributed by atoms with E-state index in [1.165, 1.54) is 12.1 Å². The summed E-state index contributed by atoms with van der Waals surface area (Å²) in [6, 6.07) is 11.8. The van der Waals surface area contributed by atoms with Crippen molar-refractivity contribution in [3.63, 3.8) is 0 Å². The molecule has 0 unspecified atom stereocenters. The lowest BCUT2D eigenvalue weighted by molar-refractivity contribution is -0.274. The van der Waals surface area contributed by atoms with Gasteiger partial charge in [-0.2, -0.15) is 0 Å². The molecule has 150 valence electrons. The van der Waals surface area contributed by atoms with E-state index >= 15 is 0 Å². The Morgan fingerprint density at radius 1 is 1.11 bits per heavy atom. The van der Waals surface area contributed by atoms with Crippen molar-refractivity contribution in [2.75, 3.05) is 25.0 Å². The summed E-state index contributed by atoms with van der Waals surface area (Å²) in [6.45, 7) is 6.59. The monoisotopic (exact) mass is 393 g/mol. The van der Waals surface area contributed by atoms with Crippen LogP contribution < -0.4 is 10.1 Å². The number of ether oxygens (including phenoxy) is 1. The van der Waals surface area contributed by atoms with Crippen LogP contribution in [-0.4, -0.2) is 43.0 Å². The van der Waals surface area contributed by atoms with Gasteiger partial charge in [0.05, 0.1) is 11.3 Å². The molecule has 0 spiro atoms. The Morgan fingerprint density at radius 3 is 2.36 bits per heavy atom. The van der Waals surface area contributed by atoms with E-state index in [4.69, 9.17) is 0 Å². The van der Waals surface area contributed by atoms with Crippen LogP contribution in [0.2, 0.25) is 0 Å². The van der Waals surface area contributed by atoms with E-state index in [-0.39, 0.29) is 5.75 Å². The third-order valence-corrected chi connectivity index (χ3v) is 3.96. The van der Waals surface area contributed by atoms with Crippen molar-refractivity contribution in [2.45, 2.75) is 20.2 Å². The van der Waals surface area contributed by atoms with Crippen LogP contribution in [0, 0.1) is 0 Å². The summed E-state index contributed by atoms with van der Waals surface area (Å²) in [5.74, 6) is -0.757. The summed E-state index contributed by atoms with van der Waals surface area (Å²) >= 11 is 0. The predicted octanol–water partition coefficient (Wildman–Crippen LogP) is 4.88. The van der Waals surface area contributed by atoms with Gasteiger partial charge in [0.1, 0.15) is 5.75 Å². The normalized spacial score (nSPS) is 11.8. The van der Waals surface area contributed by atoms with Crippen molar-refractivity contribution < 1.29 is 22.7 Å². The average molecular weight is 393 g/mol. The van der Waals surface area contributed by atoms with Gasteiger partial charge in [-0.15, -0.1) is 13.2 Å². The highest BCUT2D eigenvalue weighted by atomic mass is 19.4. The number of benzene rings is 2. The van der Waals surface area contributed by atoms with Crippen LogP contribution in [0.3, 0.4) is 0 Å². The van der Waals surface area contributed by atoms with Crippen molar-refractivity contribution in [1.82, 2.24) is 4.90 Å². The van der Waals surface area contributed by atoms with Crippen molar-refractivity contribution >= 4 is 23.5 Å². The van der Waals surface area contributed by atoms with Crippen LogP contribution in [0.4, 0.5) is 24.5 Å². The molecule has 2 aromatic carbocycles. The molecule has 1 N–H and O–H groups in total. The lowest BCUT2D eigenvalue weighted by atomic mass is 10.1. The zero-order valence-corrected chi connectivity index (χ0v) is 15.7. The summed E-state index contributed by atoms with van der Waals surface area (Å²) in [4.78, 5) is 19.1. The van der Waals surface area contributed by atoms with Crippen LogP contribution in [0.15, 0.2) is 53.5 Å². The molecular weight excluding hydrogens is 371 g/mol. The summed E-state index contributed by atoms with van der Waals surface area (Å²) in [7, 11) is 0. The quantitative estimate of drug-likeness (QED) is 0.650. The second-order valence-corrected chi connectivity index (χ2v) is 5.84. The first-order valence-electron chi connectivity index (χ1n) is 8.83. The highest BCUT2D eigenvalue weighted by Crippen LogP contribution is 2.25. The molecule has 0 aliphatic carbocycles. The first kappa shape index (κ1) is 21.4. The van der Waals surface area contributed by atoms with Crippen LogP contribution in [0.25, 0.3) is 0 Å². The number of aliphatic imine (C=N–C) groups is 1. The fourth-order valence-corrected chi connectivity index (χ4v) is 2.45. The molecule has 0 radical (unpaired) electrons. The van der Waals surface area contributed by atoms with Crippen molar-refractivity contribution in [3.05, 3.63) is 54.1 Å². The number of hydrogen-bond acceptors (Lipinski definition) is 4. The number of nitrogens with zero attached hydrogens (tertiary/aromatic N) is 2. The summed E-state index contributed by atoms with van der Waals surface area (Å²) in [6.07, 6.45) is -3.00.